The summed E-state index contributed by atoms with van der Waals surface area (Å²) in [5.74, 6) is 0.586. The second-order valence-electron chi connectivity index (χ2n) is 3.75. The molecule has 0 aromatic carbocycles. The van der Waals surface area contributed by atoms with E-state index in [0.717, 1.165) is 6.54 Å². The highest BCUT2D eigenvalue weighted by Crippen LogP contribution is 2.44. The average molecular weight is 155 g/mol. The lowest BCUT2D eigenvalue weighted by molar-refractivity contribution is 0.593. The molecule has 1 aliphatic carbocycles. The van der Waals surface area contributed by atoms with Crippen LogP contribution in [0.15, 0.2) is 4.99 Å². The minimum atomic E-state index is 0.424. The summed E-state index contributed by atoms with van der Waals surface area (Å²) in [6.07, 6.45) is 1.20. The van der Waals surface area contributed by atoms with Gasteiger partial charge in [-0.2, -0.15) is 0 Å². The second-order valence-corrected chi connectivity index (χ2v) is 3.75. The zero-order valence-corrected chi connectivity index (χ0v) is 7.52. The number of nitrogens with one attached hydrogen (secondary N) is 1. The van der Waals surface area contributed by atoms with Gasteiger partial charge in [-0.25, -0.2) is 0 Å². The molecule has 64 valence electrons. The van der Waals surface area contributed by atoms with Crippen molar-refractivity contribution < 1.29 is 0 Å². The SMILES string of the molecule is CCN=C(N)NC1CC1(C)C. The van der Waals surface area contributed by atoms with E-state index in [0.29, 0.717) is 17.4 Å². The summed E-state index contributed by atoms with van der Waals surface area (Å²) in [6, 6.07) is 0.540. The van der Waals surface area contributed by atoms with Crippen LogP contribution in [0.25, 0.3) is 0 Å². The average Bonchev–Trinajstić information content (AvgIpc) is 2.39. The van der Waals surface area contributed by atoms with E-state index >= 15 is 0 Å². The largest absolute Gasteiger partial charge is 0.370 e. The van der Waals surface area contributed by atoms with Crippen LogP contribution in [0.4, 0.5) is 0 Å². The van der Waals surface area contributed by atoms with Gasteiger partial charge in [-0.3, -0.25) is 4.99 Å². The summed E-state index contributed by atoms with van der Waals surface area (Å²) < 4.78 is 0. The van der Waals surface area contributed by atoms with E-state index in [1.165, 1.54) is 6.42 Å². The van der Waals surface area contributed by atoms with Gasteiger partial charge in [0.1, 0.15) is 0 Å². The van der Waals surface area contributed by atoms with Crippen LogP contribution in [0, 0.1) is 5.41 Å². The standard InChI is InChI=1S/C8H17N3/c1-4-10-7(9)11-6-5-8(6,2)3/h6H,4-5H2,1-3H3,(H3,9,10,11). The van der Waals surface area contributed by atoms with Gasteiger partial charge in [-0.15, -0.1) is 0 Å². The molecule has 0 saturated heterocycles. The first-order chi connectivity index (χ1) is 5.06. The summed E-state index contributed by atoms with van der Waals surface area (Å²) in [5.41, 5.74) is 6.01. The van der Waals surface area contributed by atoms with Gasteiger partial charge in [-0.05, 0) is 18.8 Å². The van der Waals surface area contributed by atoms with Crippen molar-refractivity contribution in [3.8, 4) is 0 Å². The van der Waals surface area contributed by atoms with Crippen LogP contribution in [0.3, 0.4) is 0 Å². The van der Waals surface area contributed by atoms with Crippen LogP contribution in [-0.2, 0) is 0 Å². The fourth-order valence-electron chi connectivity index (χ4n) is 1.11. The quantitative estimate of drug-likeness (QED) is 0.456. The maximum absolute atomic E-state index is 5.59. The Hall–Kier alpha value is -0.730. The molecular formula is C8H17N3. The lowest BCUT2D eigenvalue weighted by Gasteiger charge is -2.05. The van der Waals surface area contributed by atoms with Gasteiger partial charge in [-0.1, -0.05) is 13.8 Å². The van der Waals surface area contributed by atoms with Crippen LogP contribution in [0.2, 0.25) is 0 Å². The lowest BCUT2D eigenvalue weighted by atomic mass is 10.2. The number of rotatable bonds is 2. The molecule has 0 amide bonds. The summed E-state index contributed by atoms with van der Waals surface area (Å²) in [6.45, 7) is 7.19. The minimum absolute atomic E-state index is 0.424. The summed E-state index contributed by atoms with van der Waals surface area (Å²) in [7, 11) is 0. The van der Waals surface area contributed by atoms with E-state index in [1.54, 1.807) is 0 Å². The highest BCUT2D eigenvalue weighted by molar-refractivity contribution is 5.78. The second kappa shape index (κ2) is 2.72. The molecule has 1 aliphatic rings. The van der Waals surface area contributed by atoms with Gasteiger partial charge in [0.2, 0.25) is 0 Å². The first-order valence-corrected chi connectivity index (χ1v) is 4.12. The van der Waals surface area contributed by atoms with Crippen molar-refractivity contribution in [3.05, 3.63) is 0 Å². The molecule has 1 unspecified atom stereocenters. The molecule has 0 radical (unpaired) electrons. The summed E-state index contributed by atoms with van der Waals surface area (Å²) >= 11 is 0. The minimum Gasteiger partial charge on any atom is -0.370 e. The Kier molecular flexibility index (Phi) is 2.07. The van der Waals surface area contributed by atoms with Gasteiger partial charge >= 0.3 is 0 Å². The molecule has 11 heavy (non-hydrogen) atoms. The Morgan fingerprint density at radius 1 is 1.73 bits per heavy atom. The Balaban J connectivity index is 2.29. The first-order valence-electron chi connectivity index (χ1n) is 4.12. The van der Waals surface area contributed by atoms with Crippen molar-refractivity contribution in [2.24, 2.45) is 16.1 Å². The lowest BCUT2D eigenvalue weighted by Crippen LogP contribution is -2.35. The fourth-order valence-corrected chi connectivity index (χ4v) is 1.11. The van der Waals surface area contributed by atoms with Crippen LogP contribution in [-0.4, -0.2) is 18.5 Å². The fraction of sp³-hybridized carbons (Fsp3) is 0.875. The Labute approximate surface area is 68.1 Å². The summed E-state index contributed by atoms with van der Waals surface area (Å²) in [5, 5.41) is 3.17. The zero-order valence-electron chi connectivity index (χ0n) is 7.52. The maximum atomic E-state index is 5.59. The third-order valence-corrected chi connectivity index (χ3v) is 2.16. The van der Waals surface area contributed by atoms with Gasteiger partial charge in [0.15, 0.2) is 5.96 Å². The van der Waals surface area contributed by atoms with Crippen LogP contribution < -0.4 is 11.1 Å². The van der Waals surface area contributed by atoms with Gasteiger partial charge in [0.25, 0.3) is 0 Å². The van der Waals surface area contributed by atoms with Crippen molar-refractivity contribution in [2.45, 2.75) is 33.2 Å². The van der Waals surface area contributed by atoms with Crippen molar-refractivity contribution in [1.29, 1.82) is 0 Å². The van der Waals surface area contributed by atoms with Crippen LogP contribution in [0.1, 0.15) is 27.2 Å². The molecule has 0 aliphatic heterocycles. The third kappa shape index (κ3) is 2.10. The van der Waals surface area contributed by atoms with Crippen molar-refractivity contribution in [2.75, 3.05) is 6.54 Å². The maximum Gasteiger partial charge on any atom is 0.188 e. The highest BCUT2D eigenvalue weighted by atomic mass is 15.1. The third-order valence-electron chi connectivity index (χ3n) is 2.16. The number of guanidine groups is 1. The molecule has 0 heterocycles. The van der Waals surface area contributed by atoms with Crippen LogP contribution in [0.5, 0.6) is 0 Å². The number of nitrogens with zero attached hydrogens (tertiary/aromatic N) is 1. The number of hydrogen-bond acceptors (Lipinski definition) is 1. The number of aliphatic imine (C=N–C) groups is 1. The molecule has 3 N–H and O–H groups in total. The van der Waals surface area contributed by atoms with Crippen molar-refractivity contribution in [1.82, 2.24) is 5.32 Å². The van der Waals surface area contributed by atoms with Gasteiger partial charge in [0, 0.05) is 12.6 Å². The molecule has 1 atom stereocenters. The van der Waals surface area contributed by atoms with Crippen molar-refractivity contribution >= 4 is 5.96 Å². The molecule has 0 aromatic rings. The number of hydrogen-bond donors (Lipinski definition) is 2. The van der Waals surface area contributed by atoms with E-state index in [2.05, 4.69) is 24.2 Å². The predicted octanol–water partition coefficient (Wildman–Crippen LogP) is 0.709. The molecule has 3 nitrogen and oxygen atoms in total. The number of nitrogens with two attached hydrogens (primary N) is 1. The predicted molar refractivity (Wildman–Crippen MR) is 47.5 cm³/mol. The normalized spacial score (nSPS) is 28.3. The molecule has 1 rings (SSSR count). The van der Waals surface area contributed by atoms with Gasteiger partial charge in [0.05, 0.1) is 0 Å². The molecule has 0 spiro atoms. The van der Waals surface area contributed by atoms with Gasteiger partial charge < -0.3 is 11.1 Å². The van der Waals surface area contributed by atoms with E-state index in [-0.39, 0.29) is 0 Å². The highest BCUT2D eigenvalue weighted by Gasteiger charge is 2.45. The van der Waals surface area contributed by atoms with E-state index < -0.39 is 0 Å². The summed E-state index contributed by atoms with van der Waals surface area (Å²) in [4.78, 5) is 4.05. The van der Waals surface area contributed by atoms with E-state index in [4.69, 9.17) is 5.73 Å². The Bertz CT molecular complexity index is 172. The molecular weight excluding hydrogens is 138 g/mol. The monoisotopic (exact) mass is 155 g/mol. The topological polar surface area (TPSA) is 50.4 Å². The van der Waals surface area contributed by atoms with E-state index in [9.17, 15) is 0 Å². The molecule has 0 bridgehead atoms. The molecule has 1 fully saturated rings. The Morgan fingerprint density at radius 2 is 2.27 bits per heavy atom. The Morgan fingerprint density at radius 3 is 2.64 bits per heavy atom. The smallest absolute Gasteiger partial charge is 0.188 e. The van der Waals surface area contributed by atoms with Crippen molar-refractivity contribution in [3.63, 3.8) is 0 Å². The molecule has 1 saturated carbocycles. The molecule has 0 aromatic heterocycles. The molecule has 3 heteroatoms. The zero-order chi connectivity index (χ0) is 8.48. The first kappa shape index (κ1) is 8.37. The van der Waals surface area contributed by atoms with E-state index in [1.807, 2.05) is 6.92 Å². The van der Waals surface area contributed by atoms with Crippen LogP contribution >= 0.6 is 0 Å².